The highest BCUT2D eigenvalue weighted by molar-refractivity contribution is 5.86. The van der Waals surface area contributed by atoms with Crippen LogP contribution in [0, 0.1) is 0 Å². The van der Waals surface area contributed by atoms with Crippen LogP contribution < -0.4 is 10.7 Å². The predicted octanol–water partition coefficient (Wildman–Crippen LogP) is 0.775. The van der Waals surface area contributed by atoms with E-state index in [1.807, 2.05) is 11.1 Å². The first-order chi connectivity index (χ1) is 7.84. The summed E-state index contributed by atoms with van der Waals surface area (Å²) in [6.07, 6.45) is 8.21. The number of hydrogen-bond acceptors (Lipinski definition) is 4. The van der Waals surface area contributed by atoms with Crippen LogP contribution in [-0.2, 0) is 0 Å². The number of urea groups is 1. The van der Waals surface area contributed by atoms with Gasteiger partial charge in [-0.25, -0.2) is 19.8 Å². The molecule has 1 aliphatic rings. The smallest absolute Gasteiger partial charge is 0.275 e. The molecule has 0 unspecified atom stereocenters. The Hall–Kier alpha value is -1.95. The minimum absolute atomic E-state index is 0.299. The van der Waals surface area contributed by atoms with Crippen molar-refractivity contribution in [2.45, 2.75) is 6.42 Å². The van der Waals surface area contributed by atoms with Gasteiger partial charge in [-0.05, 0) is 12.5 Å². The summed E-state index contributed by atoms with van der Waals surface area (Å²) >= 11 is 0. The van der Waals surface area contributed by atoms with Gasteiger partial charge in [0.25, 0.3) is 0 Å². The summed E-state index contributed by atoms with van der Waals surface area (Å²) in [5, 5.41) is 4.38. The number of hydrazine groups is 1. The van der Waals surface area contributed by atoms with Gasteiger partial charge in [-0.2, -0.15) is 0 Å². The molecule has 2 heterocycles. The molecule has 1 aliphatic heterocycles. The standard InChI is InChI=1S/C10H13N5O/c16-10(13-9-11-5-4-6-12-9)14-15-7-2-1-3-8-15/h1-2,4-6H,3,7-8H2,(H2,11,12,13,14,16). The average Bonchev–Trinajstić information content (AvgIpc) is 2.31. The average molecular weight is 219 g/mol. The fraction of sp³-hybridized carbons (Fsp3) is 0.300. The van der Waals surface area contributed by atoms with E-state index >= 15 is 0 Å². The zero-order valence-corrected chi connectivity index (χ0v) is 8.76. The summed E-state index contributed by atoms with van der Waals surface area (Å²) in [5.41, 5.74) is 2.72. The highest BCUT2D eigenvalue weighted by Gasteiger charge is 2.10. The van der Waals surface area contributed by atoms with Crippen molar-refractivity contribution in [1.29, 1.82) is 0 Å². The number of aromatic nitrogens is 2. The van der Waals surface area contributed by atoms with Crippen molar-refractivity contribution in [3.8, 4) is 0 Å². The predicted molar refractivity (Wildman–Crippen MR) is 59.5 cm³/mol. The Morgan fingerprint density at radius 3 is 2.81 bits per heavy atom. The first-order valence-corrected chi connectivity index (χ1v) is 5.09. The van der Waals surface area contributed by atoms with Gasteiger partial charge in [0, 0.05) is 25.5 Å². The molecule has 2 amide bonds. The van der Waals surface area contributed by atoms with E-state index < -0.39 is 0 Å². The van der Waals surface area contributed by atoms with E-state index in [-0.39, 0.29) is 6.03 Å². The first-order valence-electron chi connectivity index (χ1n) is 5.09. The summed E-state index contributed by atoms with van der Waals surface area (Å²) in [4.78, 5) is 19.3. The van der Waals surface area contributed by atoms with Gasteiger partial charge in [0.2, 0.25) is 5.95 Å². The lowest BCUT2D eigenvalue weighted by Crippen LogP contribution is -2.46. The van der Waals surface area contributed by atoms with Crippen LogP contribution in [0.1, 0.15) is 6.42 Å². The van der Waals surface area contributed by atoms with Crippen molar-refractivity contribution < 1.29 is 4.79 Å². The molecule has 0 bridgehead atoms. The molecule has 6 heteroatoms. The van der Waals surface area contributed by atoms with Gasteiger partial charge in [-0.3, -0.25) is 10.7 Å². The van der Waals surface area contributed by atoms with Crippen LogP contribution in [0.4, 0.5) is 10.7 Å². The Kier molecular flexibility index (Phi) is 3.45. The molecule has 0 aliphatic carbocycles. The third-order valence-electron chi connectivity index (χ3n) is 2.11. The van der Waals surface area contributed by atoms with E-state index in [9.17, 15) is 4.79 Å². The highest BCUT2D eigenvalue weighted by Crippen LogP contribution is 1.98. The van der Waals surface area contributed by atoms with Crippen LogP contribution in [0.15, 0.2) is 30.6 Å². The largest absolute Gasteiger partial charge is 0.336 e. The SMILES string of the molecule is O=C(Nc1ncccn1)NN1CC=CCC1. The van der Waals surface area contributed by atoms with Gasteiger partial charge in [0.1, 0.15) is 0 Å². The number of nitrogens with one attached hydrogen (secondary N) is 2. The lowest BCUT2D eigenvalue weighted by atomic mass is 10.3. The minimum Gasteiger partial charge on any atom is -0.275 e. The van der Waals surface area contributed by atoms with Crippen LogP contribution in [0.25, 0.3) is 0 Å². The van der Waals surface area contributed by atoms with E-state index in [4.69, 9.17) is 0 Å². The zero-order chi connectivity index (χ0) is 11.2. The third-order valence-corrected chi connectivity index (χ3v) is 2.11. The Bertz CT molecular complexity index is 378. The molecule has 0 atom stereocenters. The normalized spacial score (nSPS) is 15.8. The van der Waals surface area contributed by atoms with Crippen molar-refractivity contribution in [1.82, 2.24) is 20.4 Å². The lowest BCUT2D eigenvalue weighted by molar-refractivity contribution is 0.195. The van der Waals surface area contributed by atoms with Crippen molar-refractivity contribution in [3.05, 3.63) is 30.6 Å². The molecular weight excluding hydrogens is 206 g/mol. The van der Waals surface area contributed by atoms with Crippen LogP contribution in [0.5, 0.6) is 0 Å². The number of anilines is 1. The molecule has 6 nitrogen and oxygen atoms in total. The summed E-state index contributed by atoms with van der Waals surface area (Å²) in [5.74, 6) is 0.299. The molecule has 1 aromatic rings. The maximum Gasteiger partial charge on any atom is 0.336 e. The molecular formula is C10H13N5O. The number of nitrogens with zero attached hydrogens (tertiary/aromatic N) is 3. The van der Waals surface area contributed by atoms with Crippen LogP contribution >= 0.6 is 0 Å². The van der Waals surface area contributed by atoms with Crippen molar-refractivity contribution in [2.24, 2.45) is 0 Å². The number of carbonyl (C=O) groups excluding carboxylic acids is 1. The van der Waals surface area contributed by atoms with Crippen molar-refractivity contribution in [2.75, 3.05) is 18.4 Å². The van der Waals surface area contributed by atoms with Crippen LogP contribution in [0.3, 0.4) is 0 Å². The second kappa shape index (κ2) is 5.22. The molecule has 2 rings (SSSR count). The van der Waals surface area contributed by atoms with Gasteiger partial charge in [-0.1, -0.05) is 12.2 Å². The monoisotopic (exact) mass is 219 g/mol. The zero-order valence-electron chi connectivity index (χ0n) is 8.76. The van der Waals surface area contributed by atoms with Gasteiger partial charge < -0.3 is 0 Å². The molecule has 0 saturated heterocycles. The lowest BCUT2D eigenvalue weighted by Gasteiger charge is -2.23. The topological polar surface area (TPSA) is 70.1 Å². The molecule has 0 saturated carbocycles. The van der Waals surface area contributed by atoms with E-state index in [2.05, 4.69) is 26.8 Å². The van der Waals surface area contributed by atoms with Crippen molar-refractivity contribution >= 4 is 12.0 Å². The van der Waals surface area contributed by atoms with E-state index in [0.717, 1.165) is 19.5 Å². The maximum atomic E-state index is 11.5. The molecule has 0 fully saturated rings. The Morgan fingerprint density at radius 2 is 2.12 bits per heavy atom. The Morgan fingerprint density at radius 1 is 1.31 bits per heavy atom. The Labute approximate surface area is 93.4 Å². The molecule has 84 valence electrons. The van der Waals surface area contributed by atoms with Gasteiger partial charge in [0.15, 0.2) is 0 Å². The van der Waals surface area contributed by atoms with E-state index in [0.29, 0.717) is 5.95 Å². The second-order valence-electron chi connectivity index (χ2n) is 3.34. The number of rotatable bonds is 2. The molecule has 2 N–H and O–H groups in total. The number of hydrogen-bond donors (Lipinski definition) is 2. The van der Waals surface area contributed by atoms with E-state index in [1.165, 1.54) is 0 Å². The maximum absolute atomic E-state index is 11.5. The van der Waals surface area contributed by atoms with Crippen LogP contribution in [0.2, 0.25) is 0 Å². The minimum atomic E-state index is -0.318. The van der Waals surface area contributed by atoms with E-state index in [1.54, 1.807) is 18.5 Å². The van der Waals surface area contributed by atoms with Crippen molar-refractivity contribution in [3.63, 3.8) is 0 Å². The molecule has 0 aromatic carbocycles. The fourth-order valence-corrected chi connectivity index (χ4v) is 1.38. The number of amides is 2. The quantitative estimate of drug-likeness (QED) is 0.721. The summed E-state index contributed by atoms with van der Waals surface area (Å²) in [6.45, 7) is 1.54. The molecule has 1 aromatic heterocycles. The fourth-order valence-electron chi connectivity index (χ4n) is 1.38. The van der Waals surface area contributed by atoms with Gasteiger partial charge in [-0.15, -0.1) is 0 Å². The summed E-state index contributed by atoms with van der Waals surface area (Å²) < 4.78 is 0. The van der Waals surface area contributed by atoms with Crippen LogP contribution in [-0.4, -0.2) is 34.1 Å². The second-order valence-corrected chi connectivity index (χ2v) is 3.34. The molecule has 0 radical (unpaired) electrons. The van der Waals surface area contributed by atoms with Gasteiger partial charge in [0.05, 0.1) is 0 Å². The Balaban J connectivity index is 1.82. The number of carbonyl (C=O) groups is 1. The first kappa shape index (κ1) is 10.6. The molecule has 16 heavy (non-hydrogen) atoms. The highest BCUT2D eigenvalue weighted by atomic mass is 16.2. The summed E-state index contributed by atoms with van der Waals surface area (Å²) in [6, 6.07) is 1.37. The summed E-state index contributed by atoms with van der Waals surface area (Å²) in [7, 11) is 0. The molecule has 0 spiro atoms. The van der Waals surface area contributed by atoms with Gasteiger partial charge >= 0.3 is 6.03 Å². The third kappa shape index (κ3) is 3.03.